The van der Waals surface area contributed by atoms with Crippen molar-refractivity contribution in [2.75, 3.05) is 7.11 Å². The third-order valence-corrected chi connectivity index (χ3v) is 2.91. The lowest BCUT2D eigenvalue weighted by Crippen LogP contribution is -2.04. The molecule has 0 radical (unpaired) electrons. The van der Waals surface area contributed by atoms with E-state index in [2.05, 4.69) is 6.07 Å². The summed E-state index contributed by atoms with van der Waals surface area (Å²) in [5, 5.41) is 0. The molecule has 0 amide bonds. The molecular formula is C12H15NO2. The molecule has 1 aromatic carbocycles. The zero-order valence-electron chi connectivity index (χ0n) is 8.77. The van der Waals surface area contributed by atoms with Gasteiger partial charge in [-0.15, -0.1) is 0 Å². The Kier molecular flexibility index (Phi) is 2.73. The molecule has 2 rings (SSSR count). The molecule has 0 aromatic heterocycles. The zero-order valence-corrected chi connectivity index (χ0v) is 8.77. The van der Waals surface area contributed by atoms with E-state index < -0.39 is 0 Å². The maximum absolute atomic E-state index is 11.3. The molecule has 1 aliphatic carbocycles. The first-order chi connectivity index (χ1) is 7.26. The number of benzene rings is 1. The molecule has 0 saturated heterocycles. The first kappa shape index (κ1) is 10.2. The van der Waals surface area contributed by atoms with Gasteiger partial charge >= 0.3 is 5.97 Å². The molecule has 0 spiro atoms. The van der Waals surface area contributed by atoms with Crippen molar-refractivity contribution < 1.29 is 9.53 Å². The van der Waals surface area contributed by atoms with Crippen LogP contribution < -0.4 is 5.73 Å². The van der Waals surface area contributed by atoms with Crippen LogP contribution in [0.4, 0.5) is 0 Å². The Hall–Kier alpha value is -1.35. The Balaban J connectivity index is 2.09. The van der Waals surface area contributed by atoms with E-state index in [1.54, 1.807) is 0 Å². The highest BCUT2D eigenvalue weighted by molar-refractivity contribution is 5.77. The van der Waals surface area contributed by atoms with Gasteiger partial charge in [0.05, 0.1) is 13.0 Å². The Labute approximate surface area is 89.2 Å². The van der Waals surface area contributed by atoms with Crippen LogP contribution in [0.15, 0.2) is 24.3 Å². The second-order valence-electron chi connectivity index (χ2n) is 3.92. The van der Waals surface area contributed by atoms with E-state index in [9.17, 15) is 4.79 Å². The second kappa shape index (κ2) is 4.03. The van der Waals surface area contributed by atoms with Gasteiger partial charge in [-0.1, -0.05) is 24.3 Å². The van der Waals surface area contributed by atoms with Gasteiger partial charge < -0.3 is 10.5 Å². The average Bonchev–Trinajstić information content (AvgIpc) is 3.08. The van der Waals surface area contributed by atoms with Crippen LogP contribution in [0, 0.1) is 5.92 Å². The molecular weight excluding hydrogens is 190 g/mol. The van der Waals surface area contributed by atoms with E-state index in [0.29, 0.717) is 12.5 Å². The predicted molar refractivity (Wildman–Crippen MR) is 57.2 cm³/mol. The number of hydrogen-bond acceptors (Lipinski definition) is 3. The zero-order chi connectivity index (χ0) is 10.8. The van der Waals surface area contributed by atoms with E-state index >= 15 is 0 Å². The summed E-state index contributed by atoms with van der Waals surface area (Å²) in [7, 11) is 1.44. The van der Waals surface area contributed by atoms with E-state index in [1.807, 2.05) is 18.2 Å². The number of carbonyl (C=O) groups is 1. The minimum atomic E-state index is -0.0989. The average molecular weight is 205 g/mol. The fourth-order valence-electron chi connectivity index (χ4n) is 1.93. The molecule has 2 N–H and O–H groups in total. The van der Waals surface area contributed by atoms with Crippen LogP contribution in [0.2, 0.25) is 0 Å². The summed E-state index contributed by atoms with van der Waals surface area (Å²) >= 11 is 0. The lowest BCUT2D eigenvalue weighted by atomic mass is 10.1. The molecule has 15 heavy (non-hydrogen) atoms. The van der Waals surface area contributed by atoms with Crippen molar-refractivity contribution in [3.8, 4) is 0 Å². The summed E-state index contributed by atoms with van der Waals surface area (Å²) in [5.74, 6) is 0.296. The molecule has 1 aromatic rings. The first-order valence-corrected chi connectivity index (χ1v) is 5.13. The van der Waals surface area contributed by atoms with Crippen LogP contribution in [-0.2, 0) is 16.1 Å². The van der Waals surface area contributed by atoms with Gasteiger partial charge in [0.2, 0.25) is 0 Å². The fourth-order valence-corrected chi connectivity index (χ4v) is 1.93. The highest BCUT2D eigenvalue weighted by atomic mass is 16.5. The van der Waals surface area contributed by atoms with Crippen LogP contribution in [0.5, 0.6) is 0 Å². The molecule has 1 aliphatic rings. The van der Waals surface area contributed by atoms with Crippen molar-refractivity contribution in [2.24, 2.45) is 11.7 Å². The van der Waals surface area contributed by atoms with Crippen LogP contribution in [0.3, 0.4) is 0 Å². The predicted octanol–water partition coefficient (Wildman–Crippen LogP) is 1.42. The summed E-state index contributed by atoms with van der Waals surface area (Å²) in [5.41, 5.74) is 7.88. The minimum absolute atomic E-state index is 0.0584. The number of esters is 1. The highest BCUT2D eigenvalue weighted by Gasteiger charge is 2.44. The lowest BCUT2D eigenvalue weighted by Gasteiger charge is -2.02. The van der Waals surface area contributed by atoms with Gasteiger partial charge in [-0.05, 0) is 23.5 Å². The molecule has 80 valence electrons. The van der Waals surface area contributed by atoms with Crippen molar-refractivity contribution in [2.45, 2.75) is 18.9 Å². The number of rotatable bonds is 3. The van der Waals surface area contributed by atoms with Gasteiger partial charge in [0.25, 0.3) is 0 Å². The fraction of sp³-hybridized carbons (Fsp3) is 0.417. The maximum atomic E-state index is 11.3. The van der Waals surface area contributed by atoms with Gasteiger partial charge in [-0.25, -0.2) is 0 Å². The van der Waals surface area contributed by atoms with E-state index in [0.717, 1.165) is 12.0 Å². The molecule has 2 atom stereocenters. The third-order valence-electron chi connectivity index (χ3n) is 2.91. The summed E-state index contributed by atoms with van der Waals surface area (Å²) in [6.07, 6.45) is 0.903. The molecule has 0 unspecified atom stereocenters. The molecule has 0 aliphatic heterocycles. The Bertz CT molecular complexity index is 376. The Morgan fingerprint density at radius 1 is 1.60 bits per heavy atom. The minimum Gasteiger partial charge on any atom is -0.469 e. The Morgan fingerprint density at radius 2 is 2.40 bits per heavy atom. The highest BCUT2D eigenvalue weighted by Crippen LogP contribution is 2.48. The lowest BCUT2D eigenvalue weighted by molar-refractivity contribution is -0.142. The van der Waals surface area contributed by atoms with Gasteiger partial charge in [0, 0.05) is 6.54 Å². The van der Waals surface area contributed by atoms with Crippen molar-refractivity contribution in [1.82, 2.24) is 0 Å². The van der Waals surface area contributed by atoms with Crippen molar-refractivity contribution in [3.05, 3.63) is 35.4 Å². The molecule has 1 saturated carbocycles. The van der Waals surface area contributed by atoms with Crippen LogP contribution >= 0.6 is 0 Å². The molecule has 0 bridgehead atoms. The van der Waals surface area contributed by atoms with Crippen molar-refractivity contribution in [3.63, 3.8) is 0 Å². The van der Waals surface area contributed by atoms with Crippen LogP contribution in [0.25, 0.3) is 0 Å². The molecule has 3 heteroatoms. The normalized spacial score (nSPS) is 23.6. The summed E-state index contributed by atoms with van der Waals surface area (Å²) in [6.45, 7) is 0.545. The topological polar surface area (TPSA) is 52.3 Å². The summed E-state index contributed by atoms with van der Waals surface area (Å²) in [6, 6.07) is 8.11. The Morgan fingerprint density at radius 3 is 3.07 bits per heavy atom. The molecule has 1 fully saturated rings. The number of methoxy groups -OCH3 is 1. The largest absolute Gasteiger partial charge is 0.469 e. The van der Waals surface area contributed by atoms with Crippen molar-refractivity contribution >= 4 is 5.97 Å². The third kappa shape index (κ3) is 2.02. The van der Waals surface area contributed by atoms with E-state index in [1.165, 1.54) is 12.7 Å². The molecule has 0 heterocycles. The van der Waals surface area contributed by atoms with Gasteiger partial charge in [0.15, 0.2) is 0 Å². The number of carbonyl (C=O) groups excluding carboxylic acids is 1. The van der Waals surface area contributed by atoms with Crippen molar-refractivity contribution in [1.29, 1.82) is 0 Å². The SMILES string of the molecule is COC(=O)[C@@H]1C[C@H]1c1cccc(CN)c1. The standard InChI is InChI=1S/C12H15NO2/c1-15-12(14)11-6-10(11)9-4-2-3-8(5-9)7-13/h2-5,10-11H,6-7,13H2,1H3/t10-,11+/m0/s1. The quantitative estimate of drug-likeness (QED) is 0.759. The van der Waals surface area contributed by atoms with E-state index in [-0.39, 0.29) is 11.9 Å². The van der Waals surface area contributed by atoms with Gasteiger partial charge in [-0.2, -0.15) is 0 Å². The van der Waals surface area contributed by atoms with Gasteiger partial charge in [-0.3, -0.25) is 4.79 Å². The summed E-state index contributed by atoms with van der Waals surface area (Å²) < 4.78 is 4.72. The number of ether oxygens (including phenoxy) is 1. The monoisotopic (exact) mass is 205 g/mol. The molecule has 3 nitrogen and oxygen atoms in total. The first-order valence-electron chi connectivity index (χ1n) is 5.13. The second-order valence-corrected chi connectivity index (χ2v) is 3.92. The van der Waals surface area contributed by atoms with Crippen LogP contribution in [-0.4, -0.2) is 13.1 Å². The number of hydrogen-bond donors (Lipinski definition) is 1. The van der Waals surface area contributed by atoms with Gasteiger partial charge in [0.1, 0.15) is 0 Å². The maximum Gasteiger partial charge on any atom is 0.309 e. The van der Waals surface area contributed by atoms with Crippen LogP contribution in [0.1, 0.15) is 23.5 Å². The summed E-state index contributed by atoms with van der Waals surface area (Å²) in [4.78, 5) is 11.3. The number of nitrogens with two attached hydrogens (primary N) is 1. The smallest absolute Gasteiger partial charge is 0.309 e. The van der Waals surface area contributed by atoms with E-state index in [4.69, 9.17) is 10.5 Å².